The molecule has 0 bridgehead atoms. The lowest BCUT2D eigenvalue weighted by molar-refractivity contribution is -0.139. The number of hydrogen-bond acceptors (Lipinski definition) is 4. The third-order valence-electron chi connectivity index (χ3n) is 2.52. The van der Waals surface area contributed by atoms with E-state index >= 15 is 0 Å². The van der Waals surface area contributed by atoms with E-state index in [4.69, 9.17) is 0 Å². The van der Waals surface area contributed by atoms with E-state index in [9.17, 15) is 9.18 Å². The molecule has 3 nitrogen and oxygen atoms in total. The zero-order valence-electron chi connectivity index (χ0n) is 10.1. The molecule has 2 aromatic rings. The molecule has 0 saturated carbocycles. The Morgan fingerprint density at radius 2 is 2.28 bits per heavy atom. The van der Waals surface area contributed by atoms with Gasteiger partial charge in [-0.15, -0.1) is 11.3 Å². The first-order chi connectivity index (χ1) is 8.60. The van der Waals surface area contributed by atoms with Gasteiger partial charge in [-0.1, -0.05) is 0 Å². The highest BCUT2D eigenvalue weighted by Crippen LogP contribution is 2.27. The van der Waals surface area contributed by atoms with Crippen molar-refractivity contribution in [2.24, 2.45) is 0 Å². The first-order valence-electron chi connectivity index (χ1n) is 5.38. The second kappa shape index (κ2) is 5.27. The molecule has 0 saturated heterocycles. The fraction of sp³-hybridized carbons (Fsp3) is 0.231. The zero-order chi connectivity index (χ0) is 13.1. The van der Waals surface area contributed by atoms with Crippen LogP contribution in [-0.4, -0.2) is 18.1 Å². The molecule has 2 rings (SSSR count). The Labute approximate surface area is 108 Å². The van der Waals surface area contributed by atoms with Gasteiger partial charge in [0.25, 0.3) is 0 Å². The van der Waals surface area contributed by atoms with Gasteiger partial charge in [0.1, 0.15) is 10.8 Å². The van der Waals surface area contributed by atoms with Crippen LogP contribution >= 0.6 is 11.3 Å². The number of carbonyl (C=O) groups is 1. The van der Waals surface area contributed by atoms with Gasteiger partial charge in [-0.2, -0.15) is 0 Å². The van der Waals surface area contributed by atoms with Crippen molar-refractivity contribution in [3.63, 3.8) is 0 Å². The molecule has 0 amide bonds. The van der Waals surface area contributed by atoms with Crippen LogP contribution in [-0.2, 0) is 16.0 Å². The van der Waals surface area contributed by atoms with Gasteiger partial charge in [-0.3, -0.25) is 4.79 Å². The van der Waals surface area contributed by atoms with Gasteiger partial charge in [0, 0.05) is 10.9 Å². The summed E-state index contributed by atoms with van der Waals surface area (Å²) in [6, 6.07) is 4.58. The molecular formula is C13H12FNO2S. The first kappa shape index (κ1) is 12.7. The predicted octanol–water partition coefficient (Wildman–Crippen LogP) is 2.97. The molecule has 1 aromatic heterocycles. The highest BCUT2D eigenvalue weighted by molar-refractivity contribution is 7.13. The van der Waals surface area contributed by atoms with Gasteiger partial charge in [0.15, 0.2) is 0 Å². The van der Waals surface area contributed by atoms with Gasteiger partial charge in [0.05, 0.1) is 19.2 Å². The van der Waals surface area contributed by atoms with E-state index in [1.54, 1.807) is 6.07 Å². The Balaban J connectivity index is 2.26. The van der Waals surface area contributed by atoms with Crippen molar-refractivity contribution >= 4 is 17.3 Å². The van der Waals surface area contributed by atoms with E-state index in [1.807, 2.05) is 12.3 Å². The lowest BCUT2D eigenvalue weighted by atomic mass is 10.1. The summed E-state index contributed by atoms with van der Waals surface area (Å²) in [5, 5.41) is 2.60. The molecular weight excluding hydrogens is 253 g/mol. The molecule has 0 aliphatic rings. The molecule has 0 unspecified atom stereocenters. The number of methoxy groups -OCH3 is 1. The number of carbonyl (C=O) groups excluding carboxylic acids is 1. The van der Waals surface area contributed by atoms with Crippen LogP contribution in [0.25, 0.3) is 10.6 Å². The Bertz CT molecular complexity index is 580. The molecule has 0 radical (unpaired) electrons. The van der Waals surface area contributed by atoms with Crippen LogP contribution in [0.1, 0.15) is 11.3 Å². The predicted molar refractivity (Wildman–Crippen MR) is 68.0 cm³/mol. The summed E-state index contributed by atoms with van der Waals surface area (Å²) in [7, 11) is 1.35. The lowest BCUT2D eigenvalue weighted by Gasteiger charge is -2.01. The topological polar surface area (TPSA) is 39.2 Å². The first-order valence-corrected chi connectivity index (χ1v) is 6.26. The smallest absolute Gasteiger partial charge is 0.311 e. The molecule has 94 valence electrons. The molecule has 1 heterocycles. The second-order valence-electron chi connectivity index (χ2n) is 3.86. The van der Waals surface area contributed by atoms with Crippen LogP contribution in [0.5, 0.6) is 0 Å². The van der Waals surface area contributed by atoms with Crippen LogP contribution in [0.15, 0.2) is 23.6 Å². The van der Waals surface area contributed by atoms with Crippen LogP contribution in [0, 0.1) is 12.7 Å². The van der Waals surface area contributed by atoms with Gasteiger partial charge in [-0.05, 0) is 30.7 Å². The molecule has 5 heteroatoms. The summed E-state index contributed by atoms with van der Waals surface area (Å²) in [6.07, 6.45) is 0.160. The van der Waals surface area contributed by atoms with Crippen molar-refractivity contribution in [1.82, 2.24) is 4.98 Å². The number of halogens is 1. The van der Waals surface area contributed by atoms with Crippen molar-refractivity contribution in [3.8, 4) is 10.6 Å². The van der Waals surface area contributed by atoms with Crippen molar-refractivity contribution < 1.29 is 13.9 Å². The standard InChI is InChI=1S/C13H12FNO2S/c1-8-5-9(14)3-4-11(8)13-15-10(7-18-13)6-12(16)17-2/h3-5,7H,6H2,1-2H3. The lowest BCUT2D eigenvalue weighted by Crippen LogP contribution is -2.04. The fourth-order valence-corrected chi connectivity index (χ4v) is 2.51. The summed E-state index contributed by atoms with van der Waals surface area (Å²) in [6.45, 7) is 1.83. The summed E-state index contributed by atoms with van der Waals surface area (Å²) in [5.41, 5.74) is 2.39. The Morgan fingerprint density at radius 3 is 2.94 bits per heavy atom. The van der Waals surface area contributed by atoms with Gasteiger partial charge in [0.2, 0.25) is 0 Å². The van der Waals surface area contributed by atoms with E-state index in [2.05, 4.69) is 9.72 Å². The second-order valence-corrected chi connectivity index (χ2v) is 4.71. The van der Waals surface area contributed by atoms with Crippen molar-refractivity contribution in [2.45, 2.75) is 13.3 Å². The molecule has 0 aliphatic carbocycles. The van der Waals surface area contributed by atoms with Crippen molar-refractivity contribution in [2.75, 3.05) is 7.11 Å². The van der Waals surface area contributed by atoms with E-state index < -0.39 is 0 Å². The van der Waals surface area contributed by atoms with Gasteiger partial charge >= 0.3 is 5.97 Å². The Morgan fingerprint density at radius 1 is 1.50 bits per heavy atom. The van der Waals surface area contributed by atoms with Crippen LogP contribution in [0.4, 0.5) is 4.39 Å². The molecule has 0 N–H and O–H groups in total. The molecule has 18 heavy (non-hydrogen) atoms. The maximum Gasteiger partial charge on any atom is 0.311 e. The number of rotatable bonds is 3. The highest BCUT2D eigenvalue weighted by atomic mass is 32.1. The number of hydrogen-bond donors (Lipinski definition) is 0. The average Bonchev–Trinajstić information content (AvgIpc) is 2.77. The number of benzene rings is 1. The fourth-order valence-electron chi connectivity index (χ4n) is 1.60. The molecule has 0 spiro atoms. The summed E-state index contributed by atoms with van der Waals surface area (Å²) in [4.78, 5) is 15.5. The highest BCUT2D eigenvalue weighted by Gasteiger charge is 2.10. The van der Waals surface area contributed by atoms with Crippen molar-refractivity contribution in [1.29, 1.82) is 0 Å². The molecule has 0 atom stereocenters. The minimum absolute atomic E-state index is 0.160. The van der Waals surface area contributed by atoms with Crippen molar-refractivity contribution in [3.05, 3.63) is 40.7 Å². The Kier molecular flexibility index (Phi) is 3.72. The van der Waals surface area contributed by atoms with Crippen LogP contribution < -0.4 is 0 Å². The number of aromatic nitrogens is 1. The normalized spacial score (nSPS) is 10.4. The SMILES string of the molecule is COC(=O)Cc1csc(-c2ccc(F)cc2C)n1. The zero-order valence-corrected chi connectivity index (χ0v) is 10.9. The van der Waals surface area contributed by atoms with Gasteiger partial charge < -0.3 is 4.74 Å². The summed E-state index contributed by atoms with van der Waals surface area (Å²) >= 11 is 1.43. The quantitative estimate of drug-likeness (QED) is 0.801. The summed E-state index contributed by atoms with van der Waals surface area (Å²) in [5.74, 6) is -0.578. The number of esters is 1. The molecule has 1 aromatic carbocycles. The van der Waals surface area contributed by atoms with E-state index in [0.29, 0.717) is 5.69 Å². The van der Waals surface area contributed by atoms with Crippen LogP contribution in [0.3, 0.4) is 0 Å². The van der Waals surface area contributed by atoms with E-state index in [1.165, 1.54) is 30.6 Å². The number of ether oxygens (including phenoxy) is 1. The van der Waals surface area contributed by atoms with E-state index in [-0.39, 0.29) is 18.2 Å². The third-order valence-corrected chi connectivity index (χ3v) is 3.45. The number of nitrogens with zero attached hydrogens (tertiary/aromatic N) is 1. The van der Waals surface area contributed by atoms with Gasteiger partial charge in [-0.25, -0.2) is 9.37 Å². The molecule has 0 fully saturated rings. The van der Waals surface area contributed by atoms with Crippen LogP contribution in [0.2, 0.25) is 0 Å². The number of thiazole rings is 1. The maximum atomic E-state index is 13.0. The largest absolute Gasteiger partial charge is 0.469 e. The third kappa shape index (κ3) is 2.73. The minimum Gasteiger partial charge on any atom is -0.469 e. The maximum absolute atomic E-state index is 13.0. The molecule has 0 aliphatic heterocycles. The minimum atomic E-state index is -0.317. The Hall–Kier alpha value is -1.75. The van der Waals surface area contributed by atoms with E-state index in [0.717, 1.165) is 16.1 Å². The number of aryl methyl sites for hydroxylation is 1. The monoisotopic (exact) mass is 265 g/mol. The average molecular weight is 265 g/mol. The summed E-state index contributed by atoms with van der Waals surface area (Å²) < 4.78 is 17.6.